The lowest BCUT2D eigenvalue weighted by atomic mass is 10.1. The van der Waals surface area contributed by atoms with E-state index in [1.54, 1.807) is 0 Å². The molecule has 0 aliphatic rings. The second kappa shape index (κ2) is 12.0. The summed E-state index contributed by atoms with van der Waals surface area (Å²) in [6, 6.07) is -3.06. The van der Waals surface area contributed by atoms with Gasteiger partial charge in [0, 0.05) is 12.2 Å². The van der Waals surface area contributed by atoms with E-state index in [4.69, 9.17) is 16.6 Å². The third-order valence-electron chi connectivity index (χ3n) is 3.07. The normalized spacial score (nSPS) is 14.3. The van der Waals surface area contributed by atoms with E-state index in [0.29, 0.717) is 12.2 Å². The van der Waals surface area contributed by atoms with E-state index in [1.807, 2.05) is 6.26 Å². The van der Waals surface area contributed by atoms with Crippen LogP contribution in [0.1, 0.15) is 19.3 Å². The summed E-state index contributed by atoms with van der Waals surface area (Å²) in [6.07, 6.45) is 1.84. The maximum absolute atomic E-state index is 12.3. The summed E-state index contributed by atoms with van der Waals surface area (Å²) in [5.41, 5.74) is 10.5. The van der Waals surface area contributed by atoms with Crippen molar-refractivity contribution in [2.45, 2.75) is 37.4 Å². The lowest BCUT2D eigenvalue weighted by Gasteiger charge is -2.22. The Morgan fingerprint density at radius 1 is 1.12 bits per heavy atom. The molecule has 9 nitrogen and oxygen atoms in total. The molecular weight excluding hydrogens is 356 g/mol. The van der Waals surface area contributed by atoms with Crippen molar-refractivity contribution in [1.82, 2.24) is 10.6 Å². The highest BCUT2D eigenvalue weighted by Crippen LogP contribution is 2.04. The van der Waals surface area contributed by atoms with Gasteiger partial charge in [-0.05, 0) is 24.9 Å². The maximum atomic E-state index is 12.3. The third kappa shape index (κ3) is 8.99. The van der Waals surface area contributed by atoms with Crippen LogP contribution in [0, 0.1) is 0 Å². The Kier molecular flexibility index (Phi) is 11.3. The summed E-state index contributed by atoms with van der Waals surface area (Å²) >= 11 is 5.39. The number of carbonyl (C=O) groups is 4. The number of thioether (sulfide) groups is 1. The van der Waals surface area contributed by atoms with Crippen LogP contribution in [0.3, 0.4) is 0 Å². The van der Waals surface area contributed by atoms with Crippen LogP contribution in [-0.4, -0.2) is 64.7 Å². The number of carbonyl (C=O) groups excluding carboxylic acids is 3. The highest BCUT2D eigenvalue weighted by Gasteiger charge is 2.27. The van der Waals surface area contributed by atoms with Gasteiger partial charge >= 0.3 is 5.97 Å². The molecule has 0 aliphatic carbocycles. The van der Waals surface area contributed by atoms with E-state index in [-0.39, 0.29) is 18.6 Å². The molecule has 0 radical (unpaired) electrons. The van der Waals surface area contributed by atoms with Gasteiger partial charge in [0.05, 0.1) is 6.04 Å². The summed E-state index contributed by atoms with van der Waals surface area (Å²) in [5, 5.41) is 13.9. The van der Waals surface area contributed by atoms with Crippen LogP contribution in [0.4, 0.5) is 0 Å². The van der Waals surface area contributed by atoms with E-state index in [9.17, 15) is 19.2 Å². The third-order valence-corrected chi connectivity index (χ3v) is 4.11. The molecule has 0 bridgehead atoms. The average molecular weight is 380 g/mol. The molecule has 24 heavy (non-hydrogen) atoms. The highest BCUT2D eigenvalue weighted by atomic mass is 32.2. The van der Waals surface area contributed by atoms with Crippen molar-refractivity contribution in [2.75, 3.05) is 17.8 Å². The molecule has 0 aromatic carbocycles. The van der Waals surface area contributed by atoms with Gasteiger partial charge < -0.3 is 27.2 Å². The topological polar surface area (TPSA) is 165 Å². The van der Waals surface area contributed by atoms with E-state index < -0.39 is 41.8 Å². The number of thiol groups is 1. The summed E-state index contributed by atoms with van der Waals surface area (Å²) in [6.45, 7) is 0. The number of nitrogens with one attached hydrogen (secondary N) is 2. The Bertz CT molecular complexity index is 464. The molecule has 0 aliphatic heterocycles. The Labute approximate surface area is 150 Å². The van der Waals surface area contributed by atoms with Gasteiger partial charge in [0.2, 0.25) is 17.7 Å². The van der Waals surface area contributed by atoms with Gasteiger partial charge in [0.1, 0.15) is 12.1 Å². The van der Waals surface area contributed by atoms with Gasteiger partial charge in [-0.2, -0.15) is 24.4 Å². The number of nitrogens with two attached hydrogens (primary N) is 2. The van der Waals surface area contributed by atoms with Crippen molar-refractivity contribution in [3.05, 3.63) is 0 Å². The quantitative estimate of drug-likeness (QED) is 0.220. The molecule has 0 spiro atoms. The van der Waals surface area contributed by atoms with Crippen molar-refractivity contribution in [3.8, 4) is 0 Å². The van der Waals surface area contributed by atoms with Crippen LogP contribution in [0.2, 0.25) is 0 Å². The maximum Gasteiger partial charge on any atom is 0.326 e. The second-order valence-electron chi connectivity index (χ2n) is 5.04. The SMILES string of the molecule is CSCC[C@H](NC(=O)[C@@H](N)CS)C(=O)N[C@@H](CCC(N)=O)C(=O)O. The summed E-state index contributed by atoms with van der Waals surface area (Å²) < 4.78 is 0. The zero-order valence-corrected chi connectivity index (χ0v) is 15.1. The number of hydrogen-bond donors (Lipinski definition) is 6. The molecular formula is C13H24N4O5S2. The minimum atomic E-state index is -1.29. The molecule has 0 aromatic rings. The van der Waals surface area contributed by atoms with Crippen LogP contribution >= 0.6 is 24.4 Å². The minimum absolute atomic E-state index is 0.110. The zero-order valence-electron chi connectivity index (χ0n) is 13.4. The van der Waals surface area contributed by atoms with Crippen LogP contribution in [0.15, 0.2) is 0 Å². The summed E-state index contributed by atoms with van der Waals surface area (Å²) in [4.78, 5) is 46.1. The number of aliphatic carboxylic acids is 1. The van der Waals surface area contributed by atoms with Crippen molar-refractivity contribution in [1.29, 1.82) is 0 Å². The van der Waals surface area contributed by atoms with Crippen molar-refractivity contribution < 1.29 is 24.3 Å². The minimum Gasteiger partial charge on any atom is -0.480 e. The molecule has 7 N–H and O–H groups in total. The molecule has 0 saturated carbocycles. The molecule has 11 heteroatoms. The summed E-state index contributed by atoms with van der Waals surface area (Å²) in [7, 11) is 0. The Morgan fingerprint density at radius 3 is 2.17 bits per heavy atom. The van der Waals surface area contributed by atoms with Crippen LogP contribution < -0.4 is 22.1 Å². The smallest absolute Gasteiger partial charge is 0.326 e. The Balaban J connectivity index is 4.90. The molecule has 138 valence electrons. The fourth-order valence-electron chi connectivity index (χ4n) is 1.68. The Morgan fingerprint density at radius 2 is 1.71 bits per heavy atom. The van der Waals surface area contributed by atoms with Gasteiger partial charge in [0.25, 0.3) is 0 Å². The first-order valence-electron chi connectivity index (χ1n) is 7.20. The monoisotopic (exact) mass is 380 g/mol. The van der Waals surface area contributed by atoms with Crippen molar-refractivity contribution in [2.24, 2.45) is 11.5 Å². The molecule has 0 fully saturated rings. The van der Waals surface area contributed by atoms with Gasteiger partial charge in [-0.3, -0.25) is 14.4 Å². The molecule has 0 rings (SSSR count). The first kappa shape index (κ1) is 22.5. The average Bonchev–Trinajstić information content (AvgIpc) is 2.53. The lowest BCUT2D eigenvalue weighted by Crippen LogP contribution is -2.55. The van der Waals surface area contributed by atoms with Crippen LogP contribution in [0.5, 0.6) is 0 Å². The number of rotatable bonds is 12. The number of hydrogen-bond acceptors (Lipinski definition) is 7. The second-order valence-corrected chi connectivity index (χ2v) is 6.39. The predicted molar refractivity (Wildman–Crippen MR) is 94.8 cm³/mol. The summed E-state index contributed by atoms with van der Waals surface area (Å²) in [5.74, 6) is -2.46. The first-order chi connectivity index (χ1) is 11.2. The van der Waals surface area contributed by atoms with Crippen LogP contribution in [0.25, 0.3) is 0 Å². The van der Waals surface area contributed by atoms with E-state index in [1.165, 1.54) is 11.8 Å². The zero-order chi connectivity index (χ0) is 18.7. The van der Waals surface area contributed by atoms with Gasteiger partial charge in [-0.25, -0.2) is 4.79 Å². The van der Waals surface area contributed by atoms with Crippen molar-refractivity contribution >= 4 is 48.1 Å². The molecule has 3 amide bonds. The standard InChI is InChI=1S/C13H24N4O5S2/c1-24-5-4-8(16-11(19)7(14)6-23)12(20)17-9(13(21)22)2-3-10(15)18/h7-9,23H,2-6,14H2,1H3,(H2,15,18)(H,16,19)(H,17,20)(H,21,22)/t7-,8-,9-/m0/s1. The number of amides is 3. The molecule has 0 aromatic heterocycles. The molecule has 0 heterocycles. The highest BCUT2D eigenvalue weighted by molar-refractivity contribution is 7.98. The molecule has 0 unspecified atom stereocenters. The van der Waals surface area contributed by atoms with Crippen molar-refractivity contribution in [3.63, 3.8) is 0 Å². The van der Waals surface area contributed by atoms with Gasteiger partial charge in [-0.1, -0.05) is 0 Å². The molecule has 3 atom stereocenters. The van der Waals surface area contributed by atoms with Gasteiger partial charge in [0.15, 0.2) is 0 Å². The number of carboxylic acid groups (broad SMARTS) is 1. The predicted octanol–water partition coefficient (Wildman–Crippen LogP) is -1.68. The van der Waals surface area contributed by atoms with Crippen LogP contribution in [-0.2, 0) is 19.2 Å². The Hall–Kier alpha value is -1.46. The fraction of sp³-hybridized carbons (Fsp3) is 0.692. The van der Waals surface area contributed by atoms with E-state index >= 15 is 0 Å². The first-order valence-corrected chi connectivity index (χ1v) is 9.22. The van der Waals surface area contributed by atoms with E-state index in [2.05, 4.69) is 23.3 Å². The molecule has 0 saturated heterocycles. The number of primary amides is 1. The lowest BCUT2D eigenvalue weighted by molar-refractivity contribution is -0.142. The van der Waals surface area contributed by atoms with E-state index in [0.717, 1.165) is 0 Å². The largest absolute Gasteiger partial charge is 0.480 e. The fourth-order valence-corrected chi connectivity index (χ4v) is 2.32. The van der Waals surface area contributed by atoms with Gasteiger partial charge in [-0.15, -0.1) is 0 Å². The number of carboxylic acids is 1.